The first-order chi connectivity index (χ1) is 21.9. The lowest BCUT2D eigenvalue weighted by Gasteiger charge is -2.27. The molecule has 1 aromatic carbocycles. The summed E-state index contributed by atoms with van der Waals surface area (Å²) >= 11 is 0. The van der Waals surface area contributed by atoms with E-state index < -0.39 is 72.8 Å². The second-order valence-corrected chi connectivity index (χ2v) is 10.2. The Hall–Kier alpha value is -4.85. The lowest BCUT2D eigenvalue weighted by Crippen LogP contribution is -2.58. The van der Waals surface area contributed by atoms with E-state index in [1.807, 2.05) is 0 Å². The maximum Gasteiger partial charge on any atom is 0.268 e. The first kappa shape index (κ1) is 37.3. The van der Waals surface area contributed by atoms with Crippen LogP contribution in [-0.2, 0) is 28.8 Å². The van der Waals surface area contributed by atoms with E-state index in [0.717, 1.165) is 0 Å². The number of para-hydroxylation sites is 1. The van der Waals surface area contributed by atoms with Crippen LogP contribution < -0.4 is 26.6 Å². The Kier molecular flexibility index (Phi) is 15.3. The standard InChI is InChI=1S/C27H39N7O12/c35-13-19(31-23(40)16-5-1-2-8-21(16)38)26(43)32-20(14-36)25(42)30-17(6-3-11-33(45)15-37)24(41)28-10-9-22(39)29-18-7-4-12-34(46)27(18)44/h1-2,5,8,15,17-20,35-36,38,45-46H,3-4,6-7,9-14H2,(H,28,41)(H,29,39)(H,30,42)(H,31,40)(H,32,43)/t17-,18-,19+,20+/m1/s1. The number of nitrogens with one attached hydrogen (secondary N) is 5. The minimum atomic E-state index is -1.66. The van der Waals surface area contributed by atoms with Crippen LogP contribution in [-0.4, -0.2) is 135 Å². The summed E-state index contributed by atoms with van der Waals surface area (Å²) in [4.78, 5) is 85.9. The number of rotatable bonds is 18. The highest BCUT2D eigenvalue weighted by Crippen LogP contribution is 2.15. The third-order valence-corrected chi connectivity index (χ3v) is 6.81. The molecule has 0 aromatic heterocycles. The molecule has 0 spiro atoms. The van der Waals surface area contributed by atoms with Gasteiger partial charge in [-0.1, -0.05) is 12.1 Å². The SMILES string of the molecule is O=CN(O)CCC[C@@H](NC(=O)[C@H](CO)NC(=O)[C@H](CO)NC(=O)c1ccccc1O)C(=O)NCCC(=O)N[C@@H]1CCCN(O)C1=O. The fourth-order valence-corrected chi connectivity index (χ4v) is 4.29. The number of benzene rings is 1. The second-order valence-electron chi connectivity index (χ2n) is 10.2. The molecule has 0 saturated carbocycles. The van der Waals surface area contributed by atoms with E-state index >= 15 is 0 Å². The summed E-state index contributed by atoms with van der Waals surface area (Å²) in [5.41, 5.74) is -0.188. The third-order valence-electron chi connectivity index (χ3n) is 6.81. The van der Waals surface area contributed by atoms with Crippen LogP contribution in [0.4, 0.5) is 0 Å². The van der Waals surface area contributed by atoms with Crippen molar-refractivity contribution in [2.75, 3.05) is 32.8 Å². The van der Waals surface area contributed by atoms with Gasteiger partial charge in [0.05, 0.1) is 18.8 Å². The van der Waals surface area contributed by atoms with Gasteiger partial charge in [-0.25, -0.2) is 10.1 Å². The summed E-state index contributed by atoms with van der Waals surface area (Å²) in [6.45, 7) is -2.16. The molecule has 1 heterocycles. The van der Waals surface area contributed by atoms with Gasteiger partial charge < -0.3 is 41.9 Å². The van der Waals surface area contributed by atoms with Gasteiger partial charge in [0.25, 0.3) is 11.8 Å². The summed E-state index contributed by atoms with van der Waals surface area (Å²) in [6, 6.07) is -0.0799. The van der Waals surface area contributed by atoms with Crippen LogP contribution in [0.25, 0.3) is 0 Å². The van der Waals surface area contributed by atoms with Gasteiger partial charge in [0.2, 0.25) is 30.0 Å². The summed E-state index contributed by atoms with van der Waals surface area (Å²) < 4.78 is 0. The molecule has 1 aromatic rings. The number of phenolic OH excluding ortho intramolecular Hbond substituents is 1. The molecular weight excluding hydrogens is 614 g/mol. The highest BCUT2D eigenvalue weighted by Gasteiger charge is 2.31. The molecule has 0 aliphatic carbocycles. The molecule has 0 radical (unpaired) electrons. The van der Waals surface area contributed by atoms with Gasteiger partial charge in [-0.05, 0) is 37.8 Å². The van der Waals surface area contributed by atoms with Crippen LogP contribution in [0.15, 0.2) is 24.3 Å². The molecule has 0 unspecified atom stereocenters. The van der Waals surface area contributed by atoms with Crippen molar-refractivity contribution in [2.45, 2.75) is 56.3 Å². The minimum absolute atomic E-state index is 0.0106. The number of hydrogen-bond acceptors (Lipinski definition) is 12. The second kappa shape index (κ2) is 18.8. The maximum atomic E-state index is 13.0. The van der Waals surface area contributed by atoms with Crippen LogP contribution in [0.1, 0.15) is 42.5 Å². The number of phenols is 1. The number of carbonyl (C=O) groups excluding carboxylic acids is 7. The van der Waals surface area contributed by atoms with E-state index in [9.17, 15) is 59.3 Å². The summed E-state index contributed by atoms with van der Waals surface area (Å²) in [5.74, 6) is -5.45. The zero-order valence-corrected chi connectivity index (χ0v) is 24.8. The van der Waals surface area contributed by atoms with Gasteiger partial charge in [0, 0.05) is 26.1 Å². The van der Waals surface area contributed by atoms with Gasteiger partial charge >= 0.3 is 0 Å². The zero-order valence-electron chi connectivity index (χ0n) is 24.8. The van der Waals surface area contributed by atoms with Gasteiger partial charge in [-0.3, -0.25) is 44.0 Å². The normalized spacial score (nSPS) is 16.3. The first-order valence-electron chi connectivity index (χ1n) is 14.3. The number of piperidine rings is 1. The van der Waals surface area contributed by atoms with Crippen molar-refractivity contribution in [3.8, 4) is 5.75 Å². The lowest BCUT2D eigenvalue weighted by molar-refractivity contribution is -0.173. The largest absolute Gasteiger partial charge is 0.507 e. The quantitative estimate of drug-likeness (QED) is 0.0413. The predicted octanol–water partition coefficient (Wildman–Crippen LogP) is -3.92. The molecule has 19 heteroatoms. The van der Waals surface area contributed by atoms with Crippen LogP contribution in [0.2, 0.25) is 0 Å². The Bertz CT molecular complexity index is 1250. The highest BCUT2D eigenvalue weighted by molar-refractivity contribution is 6.00. The van der Waals surface area contributed by atoms with Crippen LogP contribution in [0.5, 0.6) is 5.75 Å². The molecule has 2 rings (SSSR count). The zero-order chi connectivity index (χ0) is 34.2. The molecule has 1 aliphatic rings. The highest BCUT2D eigenvalue weighted by atomic mass is 16.5. The number of amides is 7. The van der Waals surface area contributed by atoms with Crippen molar-refractivity contribution in [1.29, 1.82) is 0 Å². The Labute approximate surface area is 262 Å². The average Bonchev–Trinajstić information content (AvgIpc) is 3.03. The molecule has 7 amide bonds. The van der Waals surface area contributed by atoms with Crippen LogP contribution in [0.3, 0.4) is 0 Å². The first-order valence-corrected chi connectivity index (χ1v) is 14.3. The predicted molar refractivity (Wildman–Crippen MR) is 153 cm³/mol. The number of hydroxylamine groups is 4. The molecule has 46 heavy (non-hydrogen) atoms. The van der Waals surface area contributed by atoms with Gasteiger partial charge in [0.15, 0.2) is 0 Å². The Morgan fingerprint density at radius 1 is 0.978 bits per heavy atom. The smallest absolute Gasteiger partial charge is 0.268 e. The van der Waals surface area contributed by atoms with Crippen molar-refractivity contribution < 1.29 is 59.3 Å². The molecule has 10 N–H and O–H groups in total. The van der Waals surface area contributed by atoms with Crippen molar-refractivity contribution in [1.82, 2.24) is 36.7 Å². The van der Waals surface area contributed by atoms with E-state index in [0.29, 0.717) is 23.0 Å². The maximum absolute atomic E-state index is 13.0. The summed E-state index contributed by atoms with van der Waals surface area (Å²) in [6.07, 6.45) is 0.544. The summed E-state index contributed by atoms with van der Waals surface area (Å²) in [7, 11) is 0. The molecule has 4 atom stereocenters. The molecule has 19 nitrogen and oxygen atoms in total. The van der Waals surface area contributed by atoms with E-state index in [-0.39, 0.29) is 56.6 Å². The number of aliphatic hydroxyl groups is 2. The van der Waals surface area contributed by atoms with E-state index in [4.69, 9.17) is 0 Å². The van der Waals surface area contributed by atoms with Crippen molar-refractivity contribution in [2.24, 2.45) is 0 Å². The van der Waals surface area contributed by atoms with Gasteiger partial charge in [-0.2, -0.15) is 0 Å². The van der Waals surface area contributed by atoms with Crippen molar-refractivity contribution in [3.05, 3.63) is 29.8 Å². The van der Waals surface area contributed by atoms with Crippen LogP contribution in [0, 0.1) is 0 Å². The van der Waals surface area contributed by atoms with E-state index in [1.54, 1.807) is 0 Å². The minimum Gasteiger partial charge on any atom is -0.507 e. The number of carbonyl (C=O) groups is 7. The molecule has 1 fully saturated rings. The molecule has 0 bridgehead atoms. The third kappa shape index (κ3) is 11.6. The fraction of sp³-hybridized carbons (Fsp3) is 0.519. The summed E-state index contributed by atoms with van der Waals surface area (Å²) in [5, 5.41) is 60.6. The van der Waals surface area contributed by atoms with Gasteiger partial charge in [0.1, 0.15) is 29.9 Å². The van der Waals surface area contributed by atoms with E-state index in [2.05, 4.69) is 26.6 Å². The van der Waals surface area contributed by atoms with E-state index in [1.165, 1.54) is 24.3 Å². The fourth-order valence-electron chi connectivity index (χ4n) is 4.29. The number of aromatic hydroxyl groups is 1. The molecular formula is C27H39N7O12. The van der Waals surface area contributed by atoms with Gasteiger partial charge in [-0.15, -0.1) is 0 Å². The lowest BCUT2D eigenvalue weighted by atomic mass is 10.1. The average molecular weight is 654 g/mol. The Balaban J connectivity index is 1.99. The number of aliphatic hydroxyl groups excluding tert-OH is 2. The van der Waals surface area contributed by atoms with Crippen LogP contribution >= 0.6 is 0 Å². The molecule has 254 valence electrons. The number of nitrogens with zero attached hydrogens (tertiary/aromatic N) is 2. The molecule has 1 saturated heterocycles. The monoisotopic (exact) mass is 653 g/mol. The Morgan fingerprint density at radius 2 is 1.61 bits per heavy atom. The van der Waals surface area contributed by atoms with Crippen molar-refractivity contribution in [3.63, 3.8) is 0 Å². The molecule has 1 aliphatic heterocycles. The Morgan fingerprint density at radius 3 is 2.24 bits per heavy atom. The van der Waals surface area contributed by atoms with Crippen molar-refractivity contribution >= 4 is 41.9 Å². The number of hydrogen-bond donors (Lipinski definition) is 10. The topological polar surface area (TPSA) is 287 Å².